The molecule has 23 heavy (non-hydrogen) atoms. The Morgan fingerprint density at radius 3 is 2.09 bits per heavy atom. The normalized spacial score (nSPS) is 12.3. The molecule has 114 valence electrons. The van der Waals surface area contributed by atoms with Gasteiger partial charge in [-0.2, -0.15) is 0 Å². The lowest BCUT2D eigenvalue weighted by atomic mass is 9.94. The Morgan fingerprint density at radius 2 is 1.35 bits per heavy atom. The second kappa shape index (κ2) is 5.17. The number of fused-ring (bicyclic) bond motifs is 4. The summed E-state index contributed by atoms with van der Waals surface area (Å²) in [7, 11) is -4.16. The maximum absolute atomic E-state index is 11.6. The number of hydrogen-bond donors (Lipinski definition) is 2. The molecular weight excluding hydrogens is 307 g/mol. The molecule has 0 aliphatic carbocycles. The van der Waals surface area contributed by atoms with Gasteiger partial charge in [-0.25, -0.2) is 0 Å². The molecule has 4 aromatic carbocycles. The Labute approximate surface area is 133 Å². The average Bonchev–Trinajstić information content (AvgIpc) is 2.53. The molecule has 4 heteroatoms. The molecule has 2 N–H and O–H groups in total. The van der Waals surface area contributed by atoms with E-state index >= 15 is 0 Å². The first-order valence-electron chi connectivity index (χ1n) is 7.40. The lowest BCUT2D eigenvalue weighted by Gasteiger charge is -2.14. The van der Waals surface area contributed by atoms with E-state index in [1.54, 1.807) is 0 Å². The molecule has 4 rings (SSSR count). The summed E-state index contributed by atoms with van der Waals surface area (Å²) >= 11 is 0. The van der Waals surface area contributed by atoms with Crippen LogP contribution in [-0.4, -0.2) is 9.79 Å². The van der Waals surface area contributed by atoms with Crippen LogP contribution in [0.5, 0.6) is 0 Å². The van der Waals surface area contributed by atoms with Crippen LogP contribution < -0.4 is 0 Å². The van der Waals surface area contributed by atoms with Crippen molar-refractivity contribution in [3.05, 3.63) is 72.3 Å². The van der Waals surface area contributed by atoms with Crippen LogP contribution in [0.15, 0.2) is 66.7 Å². The zero-order valence-corrected chi connectivity index (χ0v) is 13.2. The third-order valence-electron chi connectivity index (χ3n) is 4.25. The molecular formula is C19H15O3P. The van der Waals surface area contributed by atoms with Gasteiger partial charge in [-0.3, -0.25) is 4.57 Å². The summed E-state index contributed by atoms with van der Waals surface area (Å²) in [5.74, 6) is 0. The van der Waals surface area contributed by atoms with Crippen LogP contribution in [0.3, 0.4) is 0 Å². The van der Waals surface area contributed by atoms with Gasteiger partial charge in [-0.15, -0.1) is 0 Å². The van der Waals surface area contributed by atoms with Gasteiger partial charge in [0.1, 0.15) is 0 Å². The summed E-state index contributed by atoms with van der Waals surface area (Å²) in [6, 6.07) is 21.9. The van der Waals surface area contributed by atoms with Gasteiger partial charge >= 0.3 is 7.60 Å². The summed E-state index contributed by atoms with van der Waals surface area (Å²) in [6.45, 7) is 0. The van der Waals surface area contributed by atoms with Gasteiger partial charge in [0.2, 0.25) is 0 Å². The lowest BCUT2D eigenvalue weighted by molar-refractivity contribution is 0.372. The highest BCUT2D eigenvalue weighted by molar-refractivity contribution is 7.50. The summed E-state index contributed by atoms with van der Waals surface area (Å²) in [4.78, 5) is 19.0. The van der Waals surface area contributed by atoms with Gasteiger partial charge in [0.15, 0.2) is 0 Å². The Hall–Kier alpha value is -2.19. The summed E-state index contributed by atoms with van der Waals surface area (Å²) in [6.07, 6.45) is -0.247. The molecule has 0 fully saturated rings. The fourth-order valence-electron chi connectivity index (χ4n) is 3.29. The highest BCUT2D eigenvalue weighted by atomic mass is 31.2. The van der Waals surface area contributed by atoms with Crippen molar-refractivity contribution in [3.63, 3.8) is 0 Å². The van der Waals surface area contributed by atoms with Gasteiger partial charge in [-0.05, 0) is 43.9 Å². The van der Waals surface area contributed by atoms with Crippen molar-refractivity contribution in [3.8, 4) is 0 Å². The van der Waals surface area contributed by atoms with Crippen LogP contribution in [0, 0.1) is 0 Å². The quantitative estimate of drug-likeness (QED) is 0.316. The largest absolute Gasteiger partial charge is 0.329 e. The van der Waals surface area contributed by atoms with Crippen molar-refractivity contribution in [2.24, 2.45) is 0 Å². The number of rotatable bonds is 2. The van der Waals surface area contributed by atoms with Gasteiger partial charge in [-0.1, -0.05) is 60.7 Å². The molecule has 0 aromatic heterocycles. The van der Waals surface area contributed by atoms with Crippen molar-refractivity contribution >= 4 is 39.9 Å². The van der Waals surface area contributed by atoms with E-state index in [4.69, 9.17) is 0 Å². The van der Waals surface area contributed by atoms with Crippen molar-refractivity contribution in [2.75, 3.05) is 0 Å². The highest BCUT2D eigenvalue weighted by Gasteiger charge is 2.19. The summed E-state index contributed by atoms with van der Waals surface area (Å²) < 4.78 is 11.6. The van der Waals surface area contributed by atoms with Crippen LogP contribution in [0.4, 0.5) is 0 Å². The minimum absolute atomic E-state index is 0.247. The first-order valence-corrected chi connectivity index (χ1v) is 9.19. The summed E-state index contributed by atoms with van der Waals surface area (Å²) in [5.41, 5.74) is 0.720. The zero-order chi connectivity index (χ0) is 16.0. The molecule has 0 bridgehead atoms. The molecule has 0 atom stereocenters. The standard InChI is InChI=1S/C19H15O3P/c20-23(21,22)12-19-16-8-4-2-6-14(16)11-18-15-7-3-1-5-13(15)9-10-17(18)19/h1-11H,12H2,(H2,20,21,22). The number of hydrogen-bond acceptors (Lipinski definition) is 1. The van der Waals surface area contributed by atoms with E-state index in [0.29, 0.717) is 0 Å². The highest BCUT2D eigenvalue weighted by Crippen LogP contribution is 2.44. The molecule has 0 saturated carbocycles. The molecule has 0 aliphatic rings. The average molecular weight is 322 g/mol. The van der Waals surface area contributed by atoms with E-state index in [-0.39, 0.29) is 6.16 Å². The maximum Gasteiger partial charge on any atom is 0.329 e. The monoisotopic (exact) mass is 322 g/mol. The predicted octanol–water partition coefficient (Wildman–Crippen LogP) is 4.82. The topological polar surface area (TPSA) is 57.5 Å². The first kappa shape index (κ1) is 14.4. The Kier molecular flexibility index (Phi) is 3.24. The van der Waals surface area contributed by atoms with Crippen LogP contribution in [0.25, 0.3) is 32.3 Å². The third-order valence-corrected chi connectivity index (χ3v) is 4.97. The fourth-order valence-corrected chi connectivity index (χ4v) is 4.04. The third kappa shape index (κ3) is 2.53. The zero-order valence-electron chi connectivity index (χ0n) is 12.3. The smallest absolute Gasteiger partial charge is 0.324 e. The van der Waals surface area contributed by atoms with Gasteiger partial charge in [0, 0.05) is 0 Å². The molecule has 0 amide bonds. The van der Waals surface area contributed by atoms with E-state index in [0.717, 1.165) is 37.9 Å². The maximum atomic E-state index is 11.6. The second-order valence-corrected chi connectivity index (χ2v) is 7.43. The van der Waals surface area contributed by atoms with E-state index in [9.17, 15) is 14.4 Å². The molecule has 0 radical (unpaired) electrons. The Morgan fingerprint density at radius 1 is 0.696 bits per heavy atom. The van der Waals surface area contributed by atoms with Crippen molar-refractivity contribution < 1.29 is 14.4 Å². The minimum Gasteiger partial charge on any atom is -0.324 e. The molecule has 0 saturated heterocycles. The lowest BCUT2D eigenvalue weighted by Crippen LogP contribution is -1.92. The van der Waals surface area contributed by atoms with Crippen LogP contribution >= 0.6 is 7.60 Å². The van der Waals surface area contributed by atoms with Crippen LogP contribution in [0.1, 0.15) is 5.56 Å². The Bertz CT molecular complexity index is 1100. The molecule has 3 nitrogen and oxygen atoms in total. The second-order valence-electron chi connectivity index (χ2n) is 5.78. The van der Waals surface area contributed by atoms with Crippen molar-refractivity contribution in [1.82, 2.24) is 0 Å². The van der Waals surface area contributed by atoms with E-state index in [1.807, 2.05) is 60.7 Å². The van der Waals surface area contributed by atoms with Gasteiger partial charge in [0.25, 0.3) is 0 Å². The van der Waals surface area contributed by atoms with Crippen LogP contribution in [0.2, 0.25) is 0 Å². The van der Waals surface area contributed by atoms with Crippen molar-refractivity contribution in [2.45, 2.75) is 6.16 Å². The predicted molar refractivity (Wildman–Crippen MR) is 94.7 cm³/mol. The molecule has 0 aliphatic heterocycles. The minimum atomic E-state index is -4.16. The van der Waals surface area contributed by atoms with Gasteiger partial charge < -0.3 is 9.79 Å². The SMILES string of the molecule is O=P(O)(O)Cc1c2ccccc2cc2c1ccc1ccccc12. The molecule has 0 heterocycles. The molecule has 0 spiro atoms. The fraction of sp³-hybridized carbons (Fsp3) is 0.0526. The van der Waals surface area contributed by atoms with Crippen molar-refractivity contribution in [1.29, 1.82) is 0 Å². The van der Waals surface area contributed by atoms with E-state index in [2.05, 4.69) is 6.07 Å². The molecule has 0 unspecified atom stereocenters. The molecule has 4 aromatic rings. The van der Waals surface area contributed by atoms with E-state index < -0.39 is 7.60 Å². The Balaban J connectivity index is 2.21. The number of benzene rings is 4. The first-order chi connectivity index (χ1) is 11.0. The van der Waals surface area contributed by atoms with Crippen LogP contribution in [-0.2, 0) is 10.7 Å². The summed E-state index contributed by atoms with van der Waals surface area (Å²) in [5, 5.41) is 6.06. The van der Waals surface area contributed by atoms with Gasteiger partial charge in [0.05, 0.1) is 6.16 Å². The van der Waals surface area contributed by atoms with E-state index in [1.165, 1.54) is 0 Å².